The smallest absolute Gasteiger partial charge is 0.264 e. The van der Waals surface area contributed by atoms with Gasteiger partial charge >= 0.3 is 0 Å². The van der Waals surface area contributed by atoms with Crippen molar-refractivity contribution >= 4 is 62.3 Å². The Morgan fingerprint density at radius 2 is 1.56 bits per heavy atom. The molecule has 0 aliphatic heterocycles. The van der Waals surface area contributed by atoms with Crippen molar-refractivity contribution in [2.75, 3.05) is 10.8 Å². The fraction of sp³-hybridized carbons (Fsp3) is 0.333. The van der Waals surface area contributed by atoms with Gasteiger partial charge in [0.15, 0.2) is 0 Å². The van der Waals surface area contributed by atoms with E-state index < -0.39 is 34.1 Å². The van der Waals surface area contributed by atoms with Crippen LogP contribution in [0.1, 0.15) is 45.2 Å². The van der Waals surface area contributed by atoms with Crippen LogP contribution >= 0.6 is 34.8 Å². The molecule has 0 fully saturated rings. The van der Waals surface area contributed by atoms with Crippen LogP contribution in [0.4, 0.5) is 5.69 Å². The van der Waals surface area contributed by atoms with Crippen molar-refractivity contribution in [1.82, 2.24) is 10.2 Å². The number of amides is 2. The standard InChI is InChI=1S/C30H34Cl3N3O4S/c1-6-26(29(38)34-30(3,4)5)35(18-21-15-16-24(32)25(33)17-21)28(37)19-36(27-14-10-13-23(31)20(27)2)41(39,40)22-11-8-7-9-12-22/h7-17,26H,6,18-19H2,1-5H3,(H,34,38). The molecule has 2 amide bonds. The van der Waals surface area contributed by atoms with Gasteiger partial charge in [-0.1, -0.05) is 72.1 Å². The average Bonchev–Trinajstić information content (AvgIpc) is 2.90. The number of sulfonamides is 1. The van der Waals surface area contributed by atoms with Gasteiger partial charge in [0.25, 0.3) is 10.0 Å². The van der Waals surface area contributed by atoms with Crippen LogP contribution in [0.5, 0.6) is 0 Å². The lowest BCUT2D eigenvalue weighted by Gasteiger charge is -2.35. The van der Waals surface area contributed by atoms with E-state index in [0.29, 0.717) is 26.2 Å². The number of halogens is 3. The summed E-state index contributed by atoms with van der Waals surface area (Å²) in [6.45, 7) is 8.45. The highest BCUT2D eigenvalue weighted by Crippen LogP contribution is 2.31. The molecule has 1 N–H and O–H groups in total. The molecule has 0 aliphatic rings. The number of benzene rings is 3. The molecule has 1 unspecified atom stereocenters. The van der Waals surface area contributed by atoms with Gasteiger partial charge in [0.1, 0.15) is 12.6 Å². The Hall–Kier alpha value is -2.78. The summed E-state index contributed by atoms with van der Waals surface area (Å²) in [4.78, 5) is 29.0. The molecule has 0 saturated heterocycles. The largest absolute Gasteiger partial charge is 0.350 e. The highest BCUT2D eigenvalue weighted by atomic mass is 35.5. The Morgan fingerprint density at radius 3 is 2.15 bits per heavy atom. The molecule has 0 bridgehead atoms. The second-order valence-electron chi connectivity index (χ2n) is 10.6. The summed E-state index contributed by atoms with van der Waals surface area (Å²) in [7, 11) is -4.20. The first-order valence-corrected chi connectivity index (χ1v) is 15.6. The predicted octanol–water partition coefficient (Wildman–Crippen LogP) is 6.87. The van der Waals surface area contributed by atoms with Gasteiger partial charge in [-0.05, 0) is 81.6 Å². The summed E-state index contributed by atoms with van der Waals surface area (Å²) < 4.78 is 29.0. The van der Waals surface area contributed by atoms with Gasteiger partial charge in [0, 0.05) is 17.1 Å². The minimum Gasteiger partial charge on any atom is -0.350 e. The van der Waals surface area contributed by atoms with Gasteiger partial charge in [-0.2, -0.15) is 0 Å². The third-order valence-electron chi connectivity index (χ3n) is 6.34. The number of nitrogens with one attached hydrogen (secondary N) is 1. The van der Waals surface area contributed by atoms with E-state index >= 15 is 0 Å². The molecule has 0 saturated carbocycles. The summed E-state index contributed by atoms with van der Waals surface area (Å²) in [5, 5.41) is 3.94. The van der Waals surface area contributed by atoms with E-state index in [1.807, 2.05) is 20.8 Å². The van der Waals surface area contributed by atoms with Crippen molar-refractivity contribution in [3.8, 4) is 0 Å². The topological polar surface area (TPSA) is 86.8 Å². The first-order chi connectivity index (χ1) is 19.2. The molecule has 0 radical (unpaired) electrons. The molecular weight excluding hydrogens is 605 g/mol. The molecule has 0 aliphatic carbocycles. The monoisotopic (exact) mass is 637 g/mol. The minimum atomic E-state index is -4.20. The molecule has 41 heavy (non-hydrogen) atoms. The second-order valence-corrected chi connectivity index (χ2v) is 13.7. The number of carbonyl (C=O) groups is 2. The number of anilines is 1. The molecule has 1 atom stereocenters. The second kappa shape index (κ2) is 13.5. The number of rotatable bonds is 10. The molecule has 7 nitrogen and oxygen atoms in total. The first kappa shape index (κ1) is 32.7. The van der Waals surface area contributed by atoms with Gasteiger partial charge in [-0.3, -0.25) is 13.9 Å². The molecule has 11 heteroatoms. The van der Waals surface area contributed by atoms with Crippen LogP contribution < -0.4 is 9.62 Å². The zero-order valence-electron chi connectivity index (χ0n) is 23.6. The predicted molar refractivity (Wildman–Crippen MR) is 166 cm³/mol. The maximum absolute atomic E-state index is 14.2. The van der Waals surface area contributed by atoms with Gasteiger partial charge in [-0.25, -0.2) is 8.42 Å². The fourth-order valence-corrected chi connectivity index (χ4v) is 6.29. The van der Waals surface area contributed by atoms with Gasteiger partial charge in [0.2, 0.25) is 11.8 Å². The zero-order valence-corrected chi connectivity index (χ0v) is 26.7. The molecule has 220 valence electrons. The Labute approximate surface area is 257 Å². The van der Waals surface area contributed by atoms with Crippen molar-refractivity contribution in [2.24, 2.45) is 0 Å². The van der Waals surface area contributed by atoms with Crippen LogP contribution in [0.3, 0.4) is 0 Å². The summed E-state index contributed by atoms with van der Waals surface area (Å²) in [5.41, 5.74) is 0.834. The summed E-state index contributed by atoms with van der Waals surface area (Å²) in [6, 6.07) is 16.8. The lowest BCUT2D eigenvalue weighted by molar-refractivity contribution is -0.141. The zero-order chi connectivity index (χ0) is 30.5. The quantitative estimate of drug-likeness (QED) is 0.263. The van der Waals surface area contributed by atoms with E-state index in [1.165, 1.54) is 17.0 Å². The van der Waals surface area contributed by atoms with Crippen molar-refractivity contribution in [3.05, 3.63) is 92.9 Å². The normalized spacial score (nSPS) is 12.5. The van der Waals surface area contributed by atoms with Crippen LogP contribution in [0, 0.1) is 6.92 Å². The SMILES string of the molecule is CCC(C(=O)NC(C)(C)C)N(Cc1ccc(Cl)c(Cl)c1)C(=O)CN(c1cccc(Cl)c1C)S(=O)(=O)c1ccccc1. The number of nitrogens with zero attached hydrogens (tertiary/aromatic N) is 2. The van der Waals surface area contributed by atoms with E-state index in [0.717, 1.165) is 4.31 Å². The van der Waals surface area contributed by atoms with Crippen LogP contribution in [0.15, 0.2) is 71.6 Å². The van der Waals surface area contributed by atoms with Gasteiger partial charge in [-0.15, -0.1) is 0 Å². The van der Waals surface area contributed by atoms with Crippen molar-refractivity contribution < 1.29 is 18.0 Å². The van der Waals surface area contributed by atoms with Crippen molar-refractivity contribution in [3.63, 3.8) is 0 Å². The van der Waals surface area contributed by atoms with Crippen LogP contribution in [-0.4, -0.2) is 43.3 Å². The third-order valence-corrected chi connectivity index (χ3v) is 9.26. The van der Waals surface area contributed by atoms with Gasteiger partial charge < -0.3 is 10.2 Å². The highest BCUT2D eigenvalue weighted by Gasteiger charge is 2.35. The summed E-state index contributed by atoms with van der Waals surface area (Å²) in [6.07, 6.45) is 0.288. The van der Waals surface area contributed by atoms with Crippen molar-refractivity contribution in [2.45, 2.75) is 64.1 Å². The Balaban J connectivity index is 2.12. The van der Waals surface area contributed by atoms with Crippen LogP contribution in [-0.2, 0) is 26.2 Å². The molecule has 0 heterocycles. The van der Waals surface area contributed by atoms with Gasteiger partial charge in [0.05, 0.1) is 20.6 Å². The number of hydrogen-bond donors (Lipinski definition) is 1. The Kier molecular flexibility index (Phi) is 10.7. The lowest BCUT2D eigenvalue weighted by atomic mass is 10.1. The molecule has 0 spiro atoms. The summed E-state index contributed by atoms with van der Waals surface area (Å²) >= 11 is 18.7. The Morgan fingerprint density at radius 1 is 0.902 bits per heavy atom. The van der Waals surface area contributed by atoms with E-state index in [9.17, 15) is 18.0 Å². The maximum Gasteiger partial charge on any atom is 0.264 e. The highest BCUT2D eigenvalue weighted by molar-refractivity contribution is 7.92. The first-order valence-electron chi connectivity index (χ1n) is 13.0. The number of carbonyl (C=O) groups excluding carboxylic acids is 2. The minimum absolute atomic E-state index is 0.000452. The van der Waals surface area contributed by atoms with Crippen LogP contribution in [0.2, 0.25) is 15.1 Å². The van der Waals surface area contributed by atoms with E-state index in [2.05, 4.69) is 5.32 Å². The summed E-state index contributed by atoms with van der Waals surface area (Å²) in [5.74, 6) is -0.935. The Bertz CT molecular complexity index is 1510. The molecule has 3 rings (SSSR count). The van der Waals surface area contributed by atoms with Crippen LogP contribution in [0.25, 0.3) is 0 Å². The molecule has 3 aromatic rings. The number of hydrogen-bond acceptors (Lipinski definition) is 4. The lowest BCUT2D eigenvalue weighted by Crippen LogP contribution is -2.55. The van der Waals surface area contributed by atoms with E-state index in [-0.39, 0.29) is 29.5 Å². The van der Waals surface area contributed by atoms with Crippen molar-refractivity contribution in [1.29, 1.82) is 0 Å². The average molecular weight is 639 g/mol. The molecular formula is C30H34Cl3N3O4S. The molecule has 3 aromatic carbocycles. The third kappa shape index (κ3) is 8.16. The van der Waals surface area contributed by atoms with E-state index in [1.54, 1.807) is 68.4 Å². The molecule has 0 aromatic heterocycles. The maximum atomic E-state index is 14.2. The van der Waals surface area contributed by atoms with E-state index in [4.69, 9.17) is 34.8 Å². The fourth-order valence-electron chi connectivity index (χ4n) is 4.31.